The zero-order chi connectivity index (χ0) is 20.0. The summed E-state index contributed by atoms with van der Waals surface area (Å²) in [6.45, 7) is 3.04. The van der Waals surface area contributed by atoms with Crippen molar-refractivity contribution in [2.24, 2.45) is 0 Å². The zero-order valence-corrected chi connectivity index (χ0v) is 16.5. The predicted molar refractivity (Wildman–Crippen MR) is 100 cm³/mol. The van der Waals surface area contributed by atoms with Gasteiger partial charge in [0, 0.05) is 31.7 Å². The molecule has 10 heteroatoms. The molecule has 1 amide bonds. The number of ether oxygens (including phenoxy) is 1. The number of aromatic nitrogens is 2. The van der Waals surface area contributed by atoms with Crippen molar-refractivity contribution in [3.63, 3.8) is 0 Å². The fourth-order valence-electron chi connectivity index (χ4n) is 2.88. The Labute approximate surface area is 163 Å². The number of hydrogen-bond donors (Lipinski definition) is 2. The van der Waals surface area contributed by atoms with Gasteiger partial charge in [0.25, 0.3) is 5.91 Å². The lowest BCUT2D eigenvalue weighted by molar-refractivity contribution is 0.0952. The number of amides is 1. The molecule has 1 aromatic carbocycles. The number of carbonyl (C=O) groups is 1. The van der Waals surface area contributed by atoms with Gasteiger partial charge in [-0.2, -0.15) is 4.98 Å². The van der Waals surface area contributed by atoms with Crippen LogP contribution in [-0.2, 0) is 21.2 Å². The van der Waals surface area contributed by atoms with Crippen LogP contribution >= 0.6 is 0 Å². The van der Waals surface area contributed by atoms with Crippen LogP contribution in [0, 0.1) is 6.92 Å². The van der Waals surface area contributed by atoms with Crippen molar-refractivity contribution in [3.8, 4) is 0 Å². The Hall–Kier alpha value is -2.30. The monoisotopic (exact) mass is 408 g/mol. The third kappa shape index (κ3) is 5.60. The first kappa shape index (κ1) is 20.4. The van der Waals surface area contributed by atoms with Crippen molar-refractivity contribution in [2.45, 2.75) is 43.6 Å². The number of nitrogens with one attached hydrogen (secondary N) is 2. The third-order valence-corrected chi connectivity index (χ3v) is 5.78. The van der Waals surface area contributed by atoms with E-state index in [1.54, 1.807) is 19.1 Å². The second-order valence-corrected chi connectivity index (χ2v) is 8.38. The van der Waals surface area contributed by atoms with Crippen LogP contribution in [0.15, 0.2) is 33.7 Å². The Morgan fingerprint density at radius 3 is 2.93 bits per heavy atom. The molecule has 1 aliphatic heterocycles. The van der Waals surface area contributed by atoms with E-state index in [1.807, 2.05) is 0 Å². The molecule has 0 saturated carbocycles. The molecule has 2 aromatic rings. The first-order valence-electron chi connectivity index (χ1n) is 9.23. The fourth-order valence-corrected chi connectivity index (χ4v) is 3.99. The highest BCUT2D eigenvalue weighted by Gasteiger charge is 2.21. The molecule has 1 atom stereocenters. The van der Waals surface area contributed by atoms with Crippen LogP contribution in [0.1, 0.15) is 41.3 Å². The second-order valence-electron chi connectivity index (χ2n) is 6.61. The molecule has 0 bridgehead atoms. The summed E-state index contributed by atoms with van der Waals surface area (Å²) in [5, 5.41) is 6.47. The van der Waals surface area contributed by atoms with E-state index in [-0.39, 0.29) is 29.0 Å². The Morgan fingerprint density at radius 1 is 1.36 bits per heavy atom. The van der Waals surface area contributed by atoms with Crippen molar-refractivity contribution in [2.75, 3.05) is 19.7 Å². The minimum Gasteiger partial charge on any atom is -0.377 e. The van der Waals surface area contributed by atoms with Gasteiger partial charge in [0.1, 0.15) is 0 Å². The van der Waals surface area contributed by atoms with Gasteiger partial charge in [-0.15, -0.1) is 0 Å². The SMILES string of the molecule is Cc1noc(CCCNC(=O)c2cccc(S(=O)(=O)NCC3CCCO3)c2)n1. The van der Waals surface area contributed by atoms with Gasteiger partial charge < -0.3 is 14.6 Å². The van der Waals surface area contributed by atoms with E-state index in [9.17, 15) is 13.2 Å². The predicted octanol–water partition coefficient (Wildman–Crippen LogP) is 1.20. The maximum Gasteiger partial charge on any atom is 0.251 e. The summed E-state index contributed by atoms with van der Waals surface area (Å²) in [6.07, 6.45) is 2.88. The molecule has 2 heterocycles. The maximum absolute atomic E-state index is 12.5. The lowest BCUT2D eigenvalue weighted by Gasteiger charge is -2.12. The molecule has 152 valence electrons. The highest BCUT2D eigenvalue weighted by Crippen LogP contribution is 2.14. The molecule has 28 heavy (non-hydrogen) atoms. The van der Waals surface area contributed by atoms with Gasteiger partial charge >= 0.3 is 0 Å². The van der Waals surface area contributed by atoms with E-state index in [0.29, 0.717) is 37.7 Å². The normalized spacial score (nSPS) is 17.0. The van der Waals surface area contributed by atoms with E-state index in [0.717, 1.165) is 12.8 Å². The van der Waals surface area contributed by atoms with E-state index in [4.69, 9.17) is 9.26 Å². The van der Waals surface area contributed by atoms with E-state index >= 15 is 0 Å². The molecule has 0 radical (unpaired) electrons. The van der Waals surface area contributed by atoms with Gasteiger partial charge in [0.2, 0.25) is 15.9 Å². The minimum atomic E-state index is -3.70. The number of hydrogen-bond acceptors (Lipinski definition) is 7. The van der Waals surface area contributed by atoms with E-state index in [1.165, 1.54) is 12.1 Å². The van der Waals surface area contributed by atoms with Crippen LogP contribution in [0.2, 0.25) is 0 Å². The third-order valence-electron chi connectivity index (χ3n) is 4.35. The lowest BCUT2D eigenvalue weighted by atomic mass is 10.2. The Kier molecular flexibility index (Phi) is 6.76. The molecule has 9 nitrogen and oxygen atoms in total. The topological polar surface area (TPSA) is 123 Å². The molecule has 2 N–H and O–H groups in total. The van der Waals surface area contributed by atoms with Crippen LogP contribution in [-0.4, -0.2) is 50.3 Å². The van der Waals surface area contributed by atoms with Crippen LogP contribution in [0.3, 0.4) is 0 Å². The summed E-state index contributed by atoms with van der Waals surface area (Å²) in [7, 11) is -3.70. The van der Waals surface area contributed by atoms with Crippen molar-refractivity contribution in [1.82, 2.24) is 20.2 Å². The lowest BCUT2D eigenvalue weighted by Crippen LogP contribution is -2.32. The molecule has 1 aromatic heterocycles. The van der Waals surface area contributed by atoms with Crippen molar-refractivity contribution in [1.29, 1.82) is 0 Å². The van der Waals surface area contributed by atoms with Crippen LogP contribution in [0.4, 0.5) is 0 Å². The standard InChI is InChI=1S/C18H24N4O5S/c1-13-21-17(27-22-13)8-3-9-19-18(23)14-5-2-7-16(11-14)28(24,25)20-12-15-6-4-10-26-15/h2,5,7,11,15,20H,3-4,6,8-10,12H2,1H3,(H,19,23). The maximum atomic E-state index is 12.5. The average Bonchev–Trinajstić information content (AvgIpc) is 3.35. The Bertz CT molecular complexity index is 906. The van der Waals surface area contributed by atoms with Crippen LogP contribution in [0.5, 0.6) is 0 Å². The van der Waals surface area contributed by atoms with Gasteiger partial charge in [-0.3, -0.25) is 4.79 Å². The smallest absolute Gasteiger partial charge is 0.251 e. The van der Waals surface area contributed by atoms with Crippen molar-refractivity contribution in [3.05, 3.63) is 41.5 Å². The molecule has 1 unspecified atom stereocenters. The quantitative estimate of drug-likeness (QED) is 0.598. The minimum absolute atomic E-state index is 0.0551. The zero-order valence-electron chi connectivity index (χ0n) is 15.7. The number of benzene rings is 1. The highest BCUT2D eigenvalue weighted by molar-refractivity contribution is 7.89. The van der Waals surface area contributed by atoms with Gasteiger partial charge in [0.05, 0.1) is 11.0 Å². The number of rotatable bonds is 9. The first-order chi connectivity index (χ1) is 13.4. The molecule has 3 rings (SSSR count). The average molecular weight is 408 g/mol. The van der Waals surface area contributed by atoms with E-state index in [2.05, 4.69) is 20.2 Å². The summed E-state index contributed by atoms with van der Waals surface area (Å²) < 4.78 is 37.9. The largest absolute Gasteiger partial charge is 0.377 e. The van der Waals surface area contributed by atoms with Gasteiger partial charge in [-0.05, 0) is 44.4 Å². The molecular weight excluding hydrogens is 384 g/mol. The number of nitrogens with zero attached hydrogens (tertiary/aromatic N) is 2. The number of sulfonamides is 1. The fraction of sp³-hybridized carbons (Fsp3) is 0.500. The summed E-state index contributed by atoms with van der Waals surface area (Å²) in [4.78, 5) is 16.5. The Morgan fingerprint density at radius 2 is 2.21 bits per heavy atom. The second kappa shape index (κ2) is 9.26. The van der Waals surface area contributed by atoms with Crippen molar-refractivity contribution < 1.29 is 22.5 Å². The number of carbonyl (C=O) groups excluding carboxylic acids is 1. The first-order valence-corrected chi connectivity index (χ1v) is 10.7. The van der Waals surface area contributed by atoms with Gasteiger partial charge in [0.15, 0.2) is 5.82 Å². The molecule has 1 fully saturated rings. The molecule has 1 aliphatic rings. The van der Waals surface area contributed by atoms with Crippen LogP contribution in [0.25, 0.3) is 0 Å². The van der Waals surface area contributed by atoms with Crippen molar-refractivity contribution >= 4 is 15.9 Å². The molecule has 1 saturated heterocycles. The van der Waals surface area contributed by atoms with E-state index < -0.39 is 10.0 Å². The van der Waals surface area contributed by atoms with Gasteiger partial charge in [-0.25, -0.2) is 13.1 Å². The Balaban J connectivity index is 1.51. The molecule has 0 spiro atoms. The molecule has 0 aliphatic carbocycles. The number of aryl methyl sites for hydroxylation is 2. The molecular formula is C18H24N4O5S. The summed E-state index contributed by atoms with van der Waals surface area (Å²) >= 11 is 0. The van der Waals surface area contributed by atoms with Gasteiger partial charge in [-0.1, -0.05) is 11.2 Å². The highest BCUT2D eigenvalue weighted by atomic mass is 32.2. The summed E-state index contributed by atoms with van der Waals surface area (Å²) in [5.41, 5.74) is 0.286. The summed E-state index contributed by atoms with van der Waals surface area (Å²) in [6, 6.07) is 5.97. The van der Waals surface area contributed by atoms with Crippen LogP contribution < -0.4 is 10.0 Å². The summed E-state index contributed by atoms with van der Waals surface area (Å²) in [5.74, 6) is 0.764.